The summed E-state index contributed by atoms with van der Waals surface area (Å²) in [6.07, 6.45) is 5.46. The molecule has 0 saturated heterocycles. The molecule has 3 heterocycles. The molecule has 2 aliphatic rings. The van der Waals surface area contributed by atoms with Crippen LogP contribution in [0.4, 0.5) is 0 Å². The Morgan fingerprint density at radius 1 is 1.23 bits per heavy atom. The highest BCUT2D eigenvalue weighted by Gasteiger charge is 2.40. The van der Waals surface area contributed by atoms with Crippen molar-refractivity contribution in [3.8, 4) is 23.1 Å². The van der Waals surface area contributed by atoms with Gasteiger partial charge < -0.3 is 24.3 Å². The van der Waals surface area contributed by atoms with E-state index in [2.05, 4.69) is 38.7 Å². The summed E-state index contributed by atoms with van der Waals surface area (Å²) in [6.45, 7) is 10.8. The monoisotopic (exact) mass is 531 g/mol. The molecule has 1 aromatic heterocycles. The maximum absolute atomic E-state index is 12.7. The van der Waals surface area contributed by atoms with E-state index >= 15 is 0 Å². The molecule has 0 spiro atoms. The van der Waals surface area contributed by atoms with Crippen LogP contribution in [0.5, 0.6) is 17.4 Å². The summed E-state index contributed by atoms with van der Waals surface area (Å²) in [6, 6.07) is 7.57. The van der Waals surface area contributed by atoms with Crippen molar-refractivity contribution < 1.29 is 24.1 Å². The number of nitrogens with zero attached hydrogens (tertiary/aromatic N) is 2. The fourth-order valence-electron chi connectivity index (χ4n) is 5.38. The summed E-state index contributed by atoms with van der Waals surface area (Å²) >= 11 is 0. The van der Waals surface area contributed by atoms with Gasteiger partial charge in [-0.1, -0.05) is 12.1 Å². The largest absolute Gasteiger partial charge is 0.493 e. The summed E-state index contributed by atoms with van der Waals surface area (Å²) in [4.78, 5) is 32.2. The number of rotatable bonds is 6. The lowest BCUT2D eigenvalue weighted by Gasteiger charge is -2.31. The first-order valence-electron chi connectivity index (χ1n) is 12.9. The highest BCUT2D eigenvalue weighted by Crippen LogP contribution is 2.48. The number of nitrogens with one attached hydrogen (secondary N) is 1. The number of methoxy groups -OCH3 is 1. The zero-order chi connectivity index (χ0) is 28.1. The number of benzene rings is 2. The smallest absolute Gasteiger partial charge is 0.333 e. The van der Waals surface area contributed by atoms with E-state index in [9.17, 15) is 14.7 Å². The van der Waals surface area contributed by atoms with Crippen molar-refractivity contribution in [3.05, 3.63) is 74.8 Å². The van der Waals surface area contributed by atoms with E-state index in [1.165, 1.54) is 19.4 Å². The minimum Gasteiger partial charge on any atom is -0.493 e. The molecule has 3 aromatic rings. The number of carbonyl (C=O) groups excluding carboxylic acids is 1. The second-order valence-corrected chi connectivity index (χ2v) is 11.1. The van der Waals surface area contributed by atoms with Crippen LogP contribution >= 0.6 is 0 Å². The van der Waals surface area contributed by atoms with Crippen molar-refractivity contribution in [3.63, 3.8) is 0 Å². The Kier molecular flexibility index (Phi) is 6.40. The van der Waals surface area contributed by atoms with Crippen LogP contribution in [0.2, 0.25) is 0 Å². The number of imidazole rings is 1. The summed E-state index contributed by atoms with van der Waals surface area (Å²) in [5.41, 5.74) is 4.33. The SMILES string of the molecule is CCOc1cc2c(c3c1OC(C)(C)C3)C(c1ccc(C=CC(=O)OC)c(-n3c(O)c[nH]c3=O)c1)=NC(C)(C)C2. The van der Waals surface area contributed by atoms with Gasteiger partial charge in [0, 0.05) is 29.2 Å². The van der Waals surface area contributed by atoms with Crippen LogP contribution in [0.3, 0.4) is 0 Å². The van der Waals surface area contributed by atoms with Crippen LogP contribution in [0, 0.1) is 0 Å². The average Bonchev–Trinajstić information content (AvgIpc) is 3.38. The quantitative estimate of drug-likeness (QED) is 0.361. The Bertz CT molecular complexity index is 1590. The molecule has 204 valence electrons. The van der Waals surface area contributed by atoms with Crippen LogP contribution in [0.15, 0.2) is 46.3 Å². The number of ether oxygens (including phenoxy) is 3. The van der Waals surface area contributed by atoms with Gasteiger partial charge >= 0.3 is 11.7 Å². The number of esters is 1. The van der Waals surface area contributed by atoms with Gasteiger partial charge in [0.2, 0.25) is 5.88 Å². The molecule has 0 radical (unpaired) electrons. The molecule has 0 bridgehead atoms. The van der Waals surface area contributed by atoms with E-state index in [1.54, 1.807) is 18.2 Å². The van der Waals surface area contributed by atoms with Crippen LogP contribution in [-0.2, 0) is 22.4 Å². The lowest BCUT2D eigenvalue weighted by Crippen LogP contribution is -2.31. The van der Waals surface area contributed by atoms with Crippen molar-refractivity contribution in [2.24, 2.45) is 4.99 Å². The van der Waals surface area contributed by atoms with Crippen LogP contribution < -0.4 is 15.2 Å². The molecule has 0 aliphatic carbocycles. The van der Waals surface area contributed by atoms with Crippen molar-refractivity contribution in [1.82, 2.24) is 9.55 Å². The first kappa shape index (κ1) is 26.3. The molecule has 5 rings (SSSR count). The van der Waals surface area contributed by atoms with Gasteiger partial charge in [0.1, 0.15) is 5.60 Å². The van der Waals surface area contributed by atoms with Gasteiger partial charge in [-0.05, 0) is 70.4 Å². The lowest BCUT2D eigenvalue weighted by molar-refractivity contribution is -0.134. The third-order valence-electron chi connectivity index (χ3n) is 6.88. The molecule has 2 N–H and O–H groups in total. The molecular weight excluding hydrogens is 498 g/mol. The van der Waals surface area contributed by atoms with E-state index in [1.807, 2.05) is 13.0 Å². The van der Waals surface area contributed by atoms with Gasteiger partial charge in [-0.15, -0.1) is 0 Å². The number of aliphatic imine (C=N–C) groups is 1. The average molecular weight is 532 g/mol. The molecule has 0 amide bonds. The maximum Gasteiger partial charge on any atom is 0.333 e. The van der Waals surface area contributed by atoms with Gasteiger partial charge in [-0.2, -0.15) is 0 Å². The van der Waals surface area contributed by atoms with E-state index in [-0.39, 0.29) is 5.88 Å². The molecule has 39 heavy (non-hydrogen) atoms. The summed E-state index contributed by atoms with van der Waals surface area (Å²) in [5.74, 6) is 0.687. The maximum atomic E-state index is 12.7. The van der Waals surface area contributed by atoms with Gasteiger partial charge in [0.05, 0.1) is 36.9 Å². The molecule has 0 unspecified atom stereocenters. The van der Waals surface area contributed by atoms with E-state index < -0.39 is 22.8 Å². The normalized spacial score (nSPS) is 16.8. The molecule has 2 aromatic carbocycles. The molecular formula is C30H33N3O6. The lowest BCUT2D eigenvalue weighted by atomic mass is 9.80. The Morgan fingerprint density at radius 3 is 2.67 bits per heavy atom. The minimum atomic E-state index is -0.536. The fourth-order valence-corrected chi connectivity index (χ4v) is 5.38. The number of aromatic hydroxyl groups is 1. The van der Waals surface area contributed by atoms with E-state index in [0.29, 0.717) is 24.3 Å². The second-order valence-electron chi connectivity index (χ2n) is 11.1. The Hall–Kier alpha value is -4.27. The summed E-state index contributed by atoms with van der Waals surface area (Å²) in [5, 5.41) is 10.5. The number of aromatic nitrogens is 2. The molecule has 0 saturated carbocycles. The Balaban J connectivity index is 1.75. The molecule has 2 aliphatic heterocycles. The van der Waals surface area contributed by atoms with Crippen LogP contribution in [0.1, 0.15) is 62.4 Å². The number of H-pyrrole nitrogens is 1. The third kappa shape index (κ3) is 4.84. The Morgan fingerprint density at radius 2 is 2.00 bits per heavy atom. The third-order valence-corrected chi connectivity index (χ3v) is 6.88. The van der Waals surface area contributed by atoms with Gasteiger partial charge in [0.15, 0.2) is 11.5 Å². The molecule has 9 heteroatoms. The van der Waals surface area contributed by atoms with E-state index in [0.717, 1.165) is 50.5 Å². The van der Waals surface area contributed by atoms with Crippen LogP contribution in [0.25, 0.3) is 11.8 Å². The first-order chi connectivity index (χ1) is 18.4. The van der Waals surface area contributed by atoms with E-state index in [4.69, 9.17) is 19.2 Å². The van der Waals surface area contributed by atoms with Crippen molar-refractivity contribution in [1.29, 1.82) is 0 Å². The summed E-state index contributed by atoms with van der Waals surface area (Å²) in [7, 11) is 1.29. The van der Waals surface area contributed by atoms with Crippen LogP contribution in [-0.4, -0.2) is 51.2 Å². The topological polar surface area (TPSA) is 115 Å². The first-order valence-corrected chi connectivity index (χ1v) is 12.9. The zero-order valence-corrected chi connectivity index (χ0v) is 23.0. The minimum absolute atomic E-state index is 0.256. The van der Waals surface area contributed by atoms with Crippen molar-refractivity contribution in [2.45, 2.75) is 58.6 Å². The number of aromatic amines is 1. The van der Waals surface area contributed by atoms with Gasteiger partial charge in [-0.3, -0.25) is 4.99 Å². The number of carbonyl (C=O) groups is 1. The van der Waals surface area contributed by atoms with Gasteiger partial charge in [-0.25, -0.2) is 14.2 Å². The number of fused-ring (bicyclic) bond motifs is 3. The second kappa shape index (κ2) is 9.48. The highest BCUT2D eigenvalue weighted by molar-refractivity contribution is 6.16. The molecule has 0 atom stereocenters. The fraction of sp³-hybridized carbons (Fsp3) is 0.367. The number of hydrogen-bond donors (Lipinski definition) is 2. The Labute approximate surface area is 226 Å². The summed E-state index contributed by atoms with van der Waals surface area (Å²) < 4.78 is 18.2. The predicted octanol–water partition coefficient (Wildman–Crippen LogP) is 4.34. The molecule has 0 fully saturated rings. The molecule has 9 nitrogen and oxygen atoms in total. The van der Waals surface area contributed by atoms with Gasteiger partial charge in [0.25, 0.3) is 0 Å². The number of hydrogen-bond acceptors (Lipinski definition) is 7. The highest BCUT2D eigenvalue weighted by atomic mass is 16.5. The zero-order valence-electron chi connectivity index (χ0n) is 23.0. The van der Waals surface area contributed by atoms with Crippen molar-refractivity contribution >= 4 is 17.8 Å². The standard InChI is InChI=1S/C30H33N3O6/c1-7-38-22-13-19-14-29(2,3)32-26(25(19)20-15-30(4,5)39-27(20)22)18-9-8-17(10-11-24(35)37-6)21(12-18)33-23(34)16-31-28(33)36/h8-13,16,34H,7,14-15H2,1-6H3,(H,31,36). The predicted molar refractivity (Wildman–Crippen MR) is 149 cm³/mol. The van der Waals surface area contributed by atoms with Crippen molar-refractivity contribution in [2.75, 3.05) is 13.7 Å².